The first-order valence-electron chi connectivity index (χ1n) is 7.00. The van der Waals surface area contributed by atoms with E-state index in [2.05, 4.69) is 32.0 Å². The molecular formula is C16H22OS. The van der Waals surface area contributed by atoms with Crippen molar-refractivity contribution in [2.24, 2.45) is 5.92 Å². The molecule has 0 atom stereocenters. The molecule has 0 N–H and O–H groups in total. The topological polar surface area (TPSA) is 17.1 Å². The fourth-order valence-corrected chi connectivity index (χ4v) is 3.49. The molecule has 2 heteroatoms. The average molecular weight is 262 g/mol. The molecule has 1 aliphatic carbocycles. The summed E-state index contributed by atoms with van der Waals surface area (Å²) in [4.78, 5) is 13.8. The zero-order valence-corrected chi connectivity index (χ0v) is 12.2. The van der Waals surface area contributed by atoms with E-state index in [0.717, 1.165) is 24.2 Å². The third-order valence-corrected chi connectivity index (χ3v) is 4.63. The number of rotatable bonds is 4. The number of ketones is 1. The average Bonchev–Trinajstić information content (AvgIpc) is 2.41. The number of Topliss-reactive ketones (excluding diaryl/α,β-unsaturated/α-hetero) is 1. The molecule has 1 fully saturated rings. The Hall–Kier alpha value is -0.760. The first-order chi connectivity index (χ1) is 8.72. The first-order valence-corrected chi connectivity index (χ1v) is 7.98. The third-order valence-electron chi connectivity index (χ3n) is 3.68. The minimum absolute atomic E-state index is 0.275. The minimum Gasteiger partial charge on any atom is -0.294 e. The molecule has 0 saturated heterocycles. The zero-order valence-electron chi connectivity index (χ0n) is 11.4. The lowest BCUT2D eigenvalue weighted by atomic mass is 9.83. The standard InChI is InChI=1S/C16H22OS/c1-3-18-15-10-9-12(2)11-14(15)16(17)13-7-5-4-6-8-13/h9-11,13H,3-8H2,1-2H3. The molecule has 1 aromatic rings. The molecule has 0 aromatic heterocycles. The lowest BCUT2D eigenvalue weighted by Gasteiger charge is -2.21. The molecule has 0 heterocycles. The molecule has 1 saturated carbocycles. The lowest BCUT2D eigenvalue weighted by Crippen LogP contribution is -2.18. The molecule has 1 aromatic carbocycles. The van der Waals surface area contributed by atoms with Crippen molar-refractivity contribution in [3.8, 4) is 0 Å². The summed E-state index contributed by atoms with van der Waals surface area (Å²) in [5.41, 5.74) is 2.16. The highest BCUT2D eigenvalue weighted by molar-refractivity contribution is 7.99. The van der Waals surface area contributed by atoms with Crippen molar-refractivity contribution < 1.29 is 4.79 Å². The summed E-state index contributed by atoms with van der Waals surface area (Å²) in [5, 5.41) is 0. The molecule has 0 aliphatic heterocycles. The van der Waals surface area contributed by atoms with Gasteiger partial charge in [0.15, 0.2) is 5.78 Å². The van der Waals surface area contributed by atoms with Crippen LogP contribution in [0.25, 0.3) is 0 Å². The minimum atomic E-state index is 0.275. The summed E-state index contributed by atoms with van der Waals surface area (Å²) in [7, 11) is 0. The largest absolute Gasteiger partial charge is 0.294 e. The van der Waals surface area contributed by atoms with Gasteiger partial charge in [0.05, 0.1) is 0 Å². The number of carbonyl (C=O) groups is 1. The van der Waals surface area contributed by atoms with Crippen LogP contribution in [0.1, 0.15) is 54.9 Å². The van der Waals surface area contributed by atoms with E-state index >= 15 is 0 Å². The van der Waals surface area contributed by atoms with E-state index in [1.807, 2.05) is 0 Å². The fourth-order valence-electron chi connectivity index (χ4n) is 2.70. The Balaban J connectivity index is 2.24. The van der Waals surface area contributed by atoms with Gasteiger partial charge in [-0.3, -0.25) is 4.79 Å². The highest BCUT2D eigenvalue weighted by Gasteiger charge is 2.24. The zero-order chi connectivity index (χ0) is 13.0. The van der Waals surface area contributed by atoms with Crippen LogP contribution in [-0.4, -0.2) is 11.5 Å². The highest BCUT2D eigenvalue weighted by atomic mass is 32.2. The Morgan fingerprint density at radius 1 is 1.28 bits per heavy atom. The van der Waals surface area contributed by atoms with Crippen LogP contribution in [0.2, 0.25) is 0 Å². The van der Waals surface area contributed by atoms with E-state index < -0.39 is 0 Å². The lowest BCUT2D eigenvalue weighted by molar-refractivity contribution is 0.0886. The van der Waals surface area contributed by atoms with Crippen molar-refractivity contribution in [1.29, 1.82) is 0 Å². The number of benzene rings is 1. The molecule has 18 heavy (non-hydrogen) atoms. The van der Waals surface area contributed by atoms with Crippen LogP contribution in [0.3, 0.4) is 0 Å². The summed E-state index contributed by atoms with van der Waals surface area (Å²) < 4.78 is 0. The number of hydrogen-bond acceptors (Lipinski definition) is 2. The molecule has 0 amide bonds. The molecule has 2 rings (SSSR count). The van der Waals surface area contributed by atoms with E-state index in [9.17, 15) is 4.79 Å². The van der Waals surface area contributed by atoms with Gasteiger partial charge in [0.1, 0.15) is 0 Å². The molecule has 0 unspecified atom stereocenters. The third kappa shape index (κ3) is 3.17. The van der Waals surface area contributed by atoms with Crippen LogP contribution in [0, 0.1) is 12.8 Å². The molecule has 0 spiro atoms. The number of thioether (sulfide) groups is 1. The summed E-state index contributed by atoms with van der Waals surface area (Å²) >= 11 is 1.78. The summed E-state index contributed by atoms with van der Waals surface area (Å²) in [6, 6.07) is 6.30. The quantitative estimate of drug-likeness (QED) is 0.569. The van der Waals surface area contributed by atoms with Gasteiger partial charge in [0, 0.05) is 16.4 Å². The van der Waals surface area contributed by atoms with Crippen molar-refractivity contribution in [3.05, 3.63) is 29.3 Å². The van der Waals surface area contributed by atoms with Gasteiger partial charge in [-0.05, 0) is 37.7 Å². The van der Waals surface area contributed by atoms with Gasteiger partial charge in [0.2, 0.25) is 0 Å². The SMILES string of the molecule is CCSc1ccc(C)cc1C(=O)C1CCCCC1. The van der Waals surface area contributed by atoms with Crippen LogP contribution >= 0.6 is 11.8 Å². The summed E-state index contributed by atoms with van der Waals surface area (Å²) in [5.74, 6) is 1.68. The van der Waals surface area contributed by atoms with Gasteiger partial charge in [-0.2, -0.15) is 0 Å². The number of hydrogen-bond donors (Lipinski definition) is 0. The summed E-state index contributed by atoms with van der Waals surface area (Å²) in [6.45, 7) is 4.21. The number of carbonyl (C=O) groups excluding carboxylic acids is 1. The van der Waals surface area contributed by atoms with Gasteiger partial charge in [0.25, 0.3) is 0 Å². The van der Waals surface area contributed by atoms with Gasteiger partial charge >= 0.3 is 0 Å². The van der Waals surface area contributed by atoms with Crippen molar-refractivity contribution in [2.75, 3.05) is 5.75 Å². The van der Waals surface area contributed by atoms with Crippen molar-refractivity contribution >= 4 is 17.5 Å². The maximum absolute atomic E-state index is 12.6. The van der Waals surface area contributed by atoms with E-state index in [1.165, 1.54) is 29.7 Å². The van der Waals surface area contributed by atoms with E-state index in [-0.39, 0.29) is 5.92 Å². The highest BCUT2D eigenvalue weighted by Crippen LogP contribution is 2.31. The van der Waals surface area contributed by atoms with Gasteiger partial charge < -0.3 is 0 Å². The van der Waals surface area contributed by atoms with Crippen LogP contribution in [-0.2, 0) is 0 Å². The van der Waals surface area contributed by atoms with Crippen molar-refractivity contribution in [2.45, 2.75) is 50.8 Å². The van der Waals surface area contributed by atoms with Crippen molar-refractivity contribution in [1.82, 2.24) is 0 Å². The van der Waals surface area contributed by atoms with E-state index in [0.29, 0.717) is 5.78 Å². The van der Waals surface area contributed by atoms with Gasteiger partial charge in [-0.25, -0.2) is 0 Å². The van der Waals surface area contributed by atoms with E-state index in [1.54, 1.807) is 11.8 Å². The second-order valence-electron chi connectivity index (χ2n) is 5.13. The molecule has 98 valence electrons. The Morgan fingerprint density at radius 2 is 2.00 bits per heavy atom. The Morgan fingerprint density at radius 3 is 2.67 bits per heavy atom. The maximum Gasteiger partial charge on any atom is 0.167 e. The predicted octanol–water partition coefficient (Wildman–Crippen LogP) is 4.87. The van der Waals surface area contributed by atoms with Crippen LogP contribution in [0.4, 0.5) is 0 Å². The monoisotopic (exact) mass is 262 g/mol. The second-order valence-corrected chi connectivity index (χ2v) is 6.44. The van der Waals surface area contributed by atoms with Gasteiger partial charge in [-0.1, -0.05) is 37.8 Å². The predicted molar refractivity (Wildman–Crippen MR) is 78.5 cm³/mol. The van der Waals surface area contributed by atoms with Crippen molar-refractivity contribution in [3.63, 3.8) is 0 Å². The van der Waals surface area contributed by atoms with E-state index in [4.69, 9.17) is 0 Å². The molecule has 0 radical (unpaired) electrons. The Kier molecular flexibility index (Phi) is 4.87. The fraction of sp³-hybridized carbons (Fsp3) is 0.562. The second kappa shape index (κ2) is 6.42. The molecule has 1 aliphatic rings. The Bertz CT molecular complexity index is 419. The van der Waals surface area contributed by atoms with Crippen LogP contribution < -0.4 is 0 Å². The molecule has 0 bridgehead atoms. The smallest absolute Gasteiger partial charge is 0.167 e. The molecule has 1 nitrogen and oxygen atoms in total. The first kappa shape index (κ1) is 13.7. The number of aryl methyl sites for hydroxylation is 1. The van der Waals surface area contributed by atoms with Gasteiger partial charge in [-0.15, -0.1) is 11.8 Å². The molecular weight excluding hydrogens is 240 g/mol. The maximum atomic E-state index is 12.6. The Labute approximate surface area is 114 Å². The van der Waals surface area contributed by atoms with Crippen LogP contribution in [0.5, 0.6) is 0 Å². The normalized spacial score (nSPS) is 16.8. The summed E-state index contributed by atoms with van der Waals surface area (Å²) in [6.07, 6.45) is 5.91. The van der Waals surface area contributed by atoms with Crippen LogP contribution in [0.15, 0.2) is 23.1 Å².